The SMILES string of the molecule is CC(NC(CCO)C(C)C)c1cccs1. The second kappa shape index (κ2) is 6.26. The van der Waals surface area contributed by atoms with Crippen LogP contribution in [0.25, 0.3) is 0 Å². The molecule has 2 unspecified atom stereocenters. The van der Waals surface area contributed by atoms with Gasteiger partial charge in [0, 0.05) is 23.6 Å². The molecule has 0 aromatic carbocycles. The molecule has 0 aliphatic rings. The molecule has 0 saturated heterocycles. The van der Waals surface area contributed by atoms with Crippen LogP contribution in [0.1, 0.15) is 38.1 Å². The first kappa shape index (κ1) is 12.7. The Kier molecular flexibility index (Phi) is 5.29. The molecule has 86 valence electrons. The van der Waals surface area contributed by atoms with Crippen LogP contribution in [0.15, 0.2) is 17.5 Å². The van der Waals surface area contributed by atoms with Crippen molar-refractivity contribution in [2.24, 2.45) is 5.92 Å². The smallest absolute Gasteiger partial charge is 0.0445 e. The highest BCUT2D eigenvalue weighted by molar-refractivity contribution is 7.10. The van der Waals surface area contributed by atoms with Gasteiger partial charge in [-0.15, -0.1) is 11.3 Å². The van der Waals surface area contributed by atoms with Crippen molar-refractivity contribution >= 4 is 11.3 Å². The van der Waals surface area contributed by atoms with E-state index in [-0.39, 0.29) is 6.61 Å². The zero-order valence-electron chi connectivity index (χ0n) is 9.73. The van der Waals surface area contributed by atoms with E-state index in [1.165, 1.54) is 4.88 Å². The first-order chi connectivity index (χ1) is 7.15. The van der Waals surface area contributed by atoms with E-state index in [4.69, 9.17) is 5.11 Å². The van der Waals surface area contributed by atoms with Gasteiger partial charge in [-0.3, -0.25) is 0 Å². The third-order valence-electron chi connectivity index (χ3n) is 2.68. The van der Waals surface area contributed by atoms with Gasteiger partial charge in [0.15, 0.2) is 0 Å². The molecule has 1 aromatic heterocycles. The van der Waals surface area contributed by atoms with Gasteiger partial charge in [0.05, 0.1) is 0 Å². The van der Waals surface area contributed by atoms with Gasteiger partial charge in [0.1, 0.15) is 0 Å². The molecular formula is C12H21NOS. The maximum atomic E-state index is 8.99. The third-order valence-corrected chi connectivity index (χ3v) is 3.73. The van der Waals surface area contributed by atoms with Gasteiger partial charge in [-0.25, -0.2) is 0 Å². The van der Waals surface area contributed by atoms with E-state index < -0.39 is 0 Å². The van der Waals surface area contributed by atoms with Crippen LogP contribution in [0.2, 0.25) is 0 Å². The van der Waals surface area contributed by atoms with Gasteiger partial charge < -0.3 is 10.4 Å². The highest BCUT2D eigenvalue weighted by Crippen LogP contribution is 2.20. The summed E-state index contributed by atoms with van der Waals surface area (Å²) in [6.07, 6.45) is 0.827. The maximum absolute atomic E-state index is 8.99. The zero-order valence-corrected chi connectivity index (χ0v) is 10.6. The van der Waals surface area contributed by atoms with Crippen molar-refractivity contribution in [2.45, 2.75) is 39.3 Å². The van der Waals surface area contributed by atoms with Gasteiger partial charge in [-0.1, -0.05) is 19.9 Å². The molecule has 15 heavy (non-hydrogen) atoms. The number of rotatable bonds is 6. The molecule has 0 saturated carbocycles. The number of nitrogens with one attached hydrogen (secondary N) is 1. The van der Waals surface area contributed by atoms with Crippen LogP contribution < -0.4 is 5.32 Å². The first-order valence-electron chi connectivity index (χ1n) is 5.55. The van der Waals surface area contributed by atoms with Crippen LogP contribution in [0.5, 0.6) is 0 Å². The maximum Gasteiger partial charge on any atom is 0.0445 e. The predicted molar refractivity (Wildman–Crippen MR) is 66.2 cm³/mol. The average molecular weight is 227 g/mol. The lowest BCUT2D eigenvalue weighted by Gasteiger charge is -2.25. The number of hydrogen-bond acceptors (Lipinski definition) is 3. The Morgan fingerprint density at radius 2 is 2.13 bits per heavy atom. The molecule has 0 aliphatic carbocycles. The van der Waals surface area contributed by atoms with E-state index in [1.807, 2.05) is 0 Å². The van der Waals surface area contributed by atoms with E-state index in [1.54, 1.807) is 11.3 Å². The Morgan fingerprint density at radius 3 is 2.60 bits per heavy atom. The molecule has 1 rings (SSSR count). The van der Waals surface area contributed by atoms with E-state index in [0.29, 0.717) is 18.0 Å². The van der Waals surface area contributed by atoms with Crippen molar-refractivity contribution < 1.29 is 5.11 Å². The summed E-state index contributed by atoms with van der Waals surface area (Å²) >= 11 is 1.78. The van der Waals surface area contributed by atoms with Gasteiger partial charge in [0.25, 0.3) is 0 Å². The fourth-order valence-corrected chi connectivity index (χ4v) is 2.43. The number of aliphatic hydroxyl groups excluding tert-OH is 1. The third kappa shape index (κ3) is 3.93. The highest BCUT2D eigenvalue weighted by Gasteiger charge is 2.16. The summed E-state index contributed by atoms with van der Waals surface area (Å²) in [4.78, 5) is 1.36. The molecule has 0 spiro atoms. The lowest BCUT2D eigenvalue weighted by Crippen LogP contribution is -2.36. The van der Waals surface area contributed by atoms with Crippen molar-refractivity contribution in [3.63, 3.8) is 0 Å². The summed E-state index contributed by atoms with van der Waals surface area (Å²) in [5, 5.41) is 14.7. The monoisotopic (exact) mass is 227 g/mol. The summed E-state index contributed by atoms with van der Waals surface area (Å²) in [5.41, 5.74) is 0. The zero-order chi connectivity index (χ0) is 11.3. The summed E-state index contributed by atoms with van der Waals surface area (Å²) in [7, 11) is 0. The van der Waals surface area contributed by atoms with E-state index in [9.17, 15) is 0 Å². The van der Waals surface area contributed by atoms with Crippen molar-refractivity contribution in [3.05, 3.63) is 22.4 Å². The second-order valence-electron chi connectivity index (χ2n) is 4.27. The van der Waals surface area contributed by atoms with Crippen molar-refractivity contribution in [3.8, 4) is 0 Å². The van der Waals surface area contributed by atoms with Gasteiger partial charge >= 0.3 is 0 Å². The Morgan fingerprint density at radius 1 is 1.40 bits per heavy atom. The predicted octanol–water partition coefficient (Wildman–Crippen LogP) is 2.81. The van der Waals surface area contributed by atoms with Gasteiger partial charge in [-0.05, 0) is 30.7 Å². The Balaban J connectivity index is 2.50. The molecule has 2 N–H and O–H groups in total. The normalized spacial score (nSPS) is 15.5. The molecule has 2 nitrogen and oxygen atoms in total. The Bertz CT molecular complexity index is 259. The summed E-state index contributed by atoms with van der Waals surface area (Å²) in [6, 6.07) is 5.00. The topological polar surface area (TPSA) is 32.3 Å². The fourth-order valence-electron chi connectivity index (χ4n) is 1.69. The second-order valence-corrected chi connectivity index (χ2v) is 5.25. The van der Waals surface area contributed by atoms with Crippen LogP contribution >= 0.6 is 11.3 Å². The van der Waals surface area contributed by atoms with E-state index >= 15 is 0 Å². The Labute approximate surface area is 96.3 Å². The molecule has 0 fully saturated rings. The molecule has 0 radical (unpaired) electrons. The summed E-state index contributed by atoms with van der Waals surface area (Å²) < 4.78 is 0. The summed E-state index contributed by atoms with van der Waals surface area (Å²) in [6.45, 7) is 6.81. The van der Waals surface area contributed by atoms with Crippen LogP contribution in [0.3, 0.4) is 0 Å². The van der Waals surface area contributed by atoms with Crippen LogP contribution in [0, 0.1) is 5.92 Å². The molecule has 0 bridgehead atoms. The van der Waals surface area contributed by atoms with Crippen molar-refractivity contribution in [1.29, 1.82) is 0 Å². The number of aliphatic hydroxyl groups is 1. The standard InChI is InChI=1S/C12H21NOS/c1-9(2)11(6-7-14)13-10(3)12-5-4-8-15-12/h4-5,8-11,13-14H,6-7H2,1-3H3. The largest absolute Gasteiger partial charge is 0.396 e. The highest BCUT2D eigenvalue weighted by atomic mass is 32.1. The molecule has 1 aromatic rings. The van der Waals surface area contributed by atoms with Crippen molar-refractivity contribution in [2.75, 3.05) is 6.61 Å². The minimum absolute atomic E-state index is 0.257. The van der Waals surface area contributed by atoms with Crippen LogP contribution in [-0.4, -0.2) is 17.8 Å². The molecule has 0 aliphatic heterocycles. The van der Waals surface area contributed by atoms with Crippen LogP contribution in [-0.2, 0) is 0 Å². The minimum atomic E-state index is 0.257. The molecule has 0 amide bonds. The lowest BCUT2D eigenvalue weighted by molar-refractivity contribution is 0.237. The molecule has 1 heterocycles. The quantitative estimate of drug-likeness (QED) is 0.783. The van der Waals surface area contributed by atoms with Gasteiger partial charge in [0.2, 0.25) is 0 Å². The van der Waals surface area contributed by atoms with Crippen LogP contribution in [0.4, 0.5) is 0 Å². The van der Waals surface area contributed by atoms with E-state index in [0.717, 1.165) is 6.42 Å². The lowest BCUT2D eigenvalue weighted by atomic mass is 10.0. The van der Waals surface area contributed by atoms with Gasteiger partial charge in [-0.2, -0.15) is 0 Å². The fraction of sp³-hybridized carbons (Fsp3) is 0.667. The number of thiophene rings is 1. The summed E-state index contributed by atoms with van der Waals surface area (Å²) in [5.74, 6) is 0.555. The molecular weight excluding hydrogens is 206 g/mol. The average Bonchev–Trinajstić information content (AvgIpc) is 2.69. The number of hydrogen-bond donors (Lipinski definition) is 2. The van der Waals surface area contributed by atoms with E-state index in [2.05, 4.69) is 43.6 Å². The molecule has 2 atom stereocenters. The van der Waals surface area contributed by atoms with Crippen molar-refractivity contribution in [1.82, 2.24) is 5.32 Å². The first-order valence-corrected chi connectivity index (χ1v) is 6.43. The Hall–Kier alpha value is -0.380. The minimum Gasteiger partial charge on any atom is -0.396 e. The molecule has 3 heteroatoms.